The van der Waals surface area contributed by atoms with E-state index in [-0.39, 0.29) is 12.0 Å². The topological polar surface area (TPSA) is 60.2 Å². The van der Waals surface area contributed by atoms with Gasteiger partial charge in [-0.05, 0) is 11.6 Å². The van der Waals surface area contributed by atoms with Crippen molar-refractivity contribution in [3.05, 3.63) is 41.2 Å². The van der Waals surface area contributed by atoms with Gasteiger partial charge in [-0.3, -0.25) is 4.79 Å². The second-order valence-corrected chi connectivity index (χ2v) is 6.99. The van der Waals surface area contributed by atoms with Crippen molar-refractivity contribution in [2.75, 3.05) is 25.4 Å². The van der Waals surface area contributed by atoms with E-state index in [9.17, 15) is 4.79 Å². The SMILES string of the molecule is Cn1cnnc1SCC(=O)N1CCOC(Cc2ccccc2Cl)C1. The molecule has 2 heterocycles. The number of hydrogen-bond donors (Lipinski definition) is 0. The van der Waals surface area contributed by atoms with E-state index in [1.807, 2.05) is 36.2 Å². The smallest absolute Gasteiger partial charge is 0.233 e. The minimum atomic E-state index is -0.0255. The summed E-state index contributed by atoms with van der Waals surface area (Å²) in [6.07, 6.45) is 2.31. The molecule has 1 atom stereocenters. The third-order valence-electron chi connectivity index (χ3n) is 3.89. The van der Waals surface area contributed by atoms with Crippen LogP contribution < -0.4 is 0 Å². The van der Waals surface area contributed by atoms with Crippen LogP contribution in [-0.2, 0) is 23.0 Å². The molecule has 0 N–H and O–H groups in total. The number of ether oxygens (including phenoxy) is 1. The van der Waals surface area contributed by atoms with Crippen molar-refractivity contribution in [2.24, 2.45) is 7.05 Å². The molecule has 0 aliphatic carbocycles. The lowest BCUT2D eigenvalue weighted by Gasteiger charge is -2.33. The van der Waals surface area contributed by atoms with E-state index in [0.29, 0.717) is 31.9 Å². The standard InChI is InChI=1S/C16H19ClN4O2S/c1-20-11-18-19-16(20)24-10-15(22)21-6-7-23-13(9-21)8-12-4-2-3-5-14(12)17/h2-5,11,13H,6-10H2,1H3. The van der Waals surface area contributed by atoms with Crippen molar-refractivity contribution in [1.82, 2.24) is 19.7 Å². The summed E-state index contributed by atoms with van der Waals surface area (Å²) in [5.41, 5.74) is 1.05. The van der Waals surface area contributed by atoms with E-state index in [1.165, 1.54) is 11.8 Å². The minimum Gasteiger partial charge on any atom is -0.374 e. The van der Waals surface area contributed by atoms with Crippen LogP contribution in [0.5, 0.6) is 0 Å². The van der Waals surface area contributed by atoms with E-state index in [4.69, 9.17) is 16.3 Å². The van der Waals surface area contributed by atoms with E-state index in [0.717, 1.165) is 15.7 Å². The first-order valence-electron chi connectivity index (χ1n) is 7.73. The Morgan fingerprint density at radius 1 is 1.46 bits per heavy atom. The average molecular weight is 367 g/mol. The first-order valence-corrected chi connectivity index (χ1v) is 9.09. The van der Waals surface area contributed by atoms with Gasteiger partial charge in [-0.25, -0.2) is 0 Å². The fourth-order valence-corrected chi connectivity index (χ4v) is 3.60. The number of nitrogens with zero attached hydrogens (tertiary/aromatic N) is 4. The third-order valence-corrected chi connectivity index (χ3v) is 5.28. The van der Waals surface area contributed by atoms with Crippen LogP contribution in [0, 0.1) is 0 Å². The van der Waals surface area contributed by atoms with Gasteiger partial charge >= 0.3 is 0 Å². The maximum atomic E-state index is 12.4. The summed E-state index contributed by atoms with van der Waals surface area (Å²) in [5, 5.41) is 9.27. The molecular formula is C16H19ClN4O2S. The van der Waals surface area contributed by atoms with Crippen molar-refractivity contribution in [2.45, 2.75) is 17.7 Å². The number of thioether (sulfide) groups is 1. The number of carbonyl (C=O) groups is 1. The molecule has 0 bridgehead atoms. The van der Waals surface area contributed by atoms with Crippen LogP contribution in [0.15, 0.2) is 35.7 Å². The average Bonchev–Trinajstić information content (AvgIpc) is 3.00. The molecule has 3 rings (SSSR count). The molecule has 1 unspecified atom stereocenters. The van der Waals surface area contributed by atoms with Gasteiger partial charge in [0.1, 0.15) is 6.33 Å². The van der Waals surface area contributed by atoms with Crippen LogP contribution >= 0.6 is 23.4 Å². The van der Waals surface area contributed by atoms with Crippen molar-refractivity contribution < 1.29 is 9.53 Å². The molecule has 0 radical (unpaired) electrons. The van der Waals surface area contributed by atoms with Gasteiger partial charge in [0.15, 0.2) is 5.16 Å². The minimum absolute atomic E-state index is 0.0255. The fourth-order valence-electron chi connectivity index (χ4n) is 2.60. The van der Waals surface area contributed by atoms with Crippen molar-refractivity contribution in [1.29, 1.82) is 0 Å². The molecule has 0 saturated carbocycles. The molecule has 1 amide bonds. The van der Waals surface area contributed by atoms with E-state index in [2.05, 4.69) is 10.2 Å². The summed E-state index contributed by atoms with van der Waals surface area (Å²) in [6, 6.07) is 7.74. The van der Waals surface area contributed by atoms with Gasteiger partial charge in [0, 0.05) is 31.6 Å². The van der Waals surface area contributed by atoms with Crippen LogP contribution in [0.1, 0.15) is 5.56 Å². The van der Waals surface area contributed by atoms with Crippen molar-refractivity contribution in [3.8, 4) is 0 Å². The Kier molecular flexibility index (Phi) is 5.76. The number of morpholine rings is 1. The molecule has 1 aliphatic rings. The molecule has 1 aliphatic heterocycles. The molecular weight excluding hydrogens is 348 g/mol. The highest BCUT2D eigenvalue weighted by Crippen LogP contribution is 2.20. The number of aromatic nitrogens is 3. The predicted molar refractivity (Wildman–Crippen MR) is 93.2 cm³/mol. The number of hydrogen-bond acceptors (Lipinski definition) is 5. The quantitative estimate of drug-likeness (QED) is 0.758. The van der Waals surface area contributed by atoms with Crippen LogP contribution in [0.4, 0.5) is 0 Å². The summed E-state index contributed by atoms with van der Waals surface area (Å²) in [4.78, 5) is 14.3. The number of halogens is 1. The zero-order chi connectivity index (χ0) is 16.9. The molecule has 24 heavy (non-hydrogen) atoms. The summed E-state index contributed by atoms with van der Waals surface area (Å²) in [5.74, 6) is 0.446. The number of amides is 1. The summed E-state index contributed by atoms with van der Waals surface area (Å²) < 4.78 is 7.60. The lowest BCUT2D eigenvalue weighted by molar-refractivity contribution is -0.135. The normalized spacial score (nSPS) is 17.9. The lowest BCUT2D eigenvalue weighted by atomic mass is 10.1. The fraction of sp³-hybridized carbons (Fsp3) is 0.438. The first-order chi connectivity index (χ1) is 11.6. The molecule has 6 nitrogen and oxygen atoms in total. The summed E-state index contributed by atoms with van der Waals surface area (Å²) in [6.45, 7) is 1.76. The largest absolute Gasteiger partial charge is 0.374 e. The first kappa shape index (κ1) is 17.3. The van der Waals surface area contributed by atoms with Crippen molar-refractivity contribution in [3.63, 3.8) is 0 Å². The van der Waals surface area contributed by atoms with Crippen LogP contribution in [0.3, 0.4) is 0 Å². The zero-order valence-corrected chi connectivity index (χ0v) is 15.0. The lowest BCUT2D eigenvalue weighted by Crippen LogP contribution is -2.47. The Bertz CT molecular complexity index is 709. The number of benzene rings is 1. The molecule has 1 aromatic heterocycles. The monoisotopic (exact) mass is 366 g/mol. The van der Waals surface area contributed by atoms with Crippen molar-refractivity contribution >= 4 is 29.3 Å². The van der Waals surface area contributed by atoms with Crippen LogP contribution in [0.2, 0.25) is 5.02 Å². The van der Waals surface area contributed by atoms with Gasteiger partial charge in [-0.2, -0.15) is 0 Å². The highest BCUT2D eigenvalue weighted by Gasteiger charge is 2.25. The van der Waals surface area contributed by atoms with E-state index < -0.39 is 0 Å². The molecule has 128 valence electrons. The number of rotatable bonds is 5. The highest BCUT2D eigenvalue weighted by molar-refractivity contribution is 7.99. The molecule has 2 aromatic rings. The van der Waals surface area contributed by atoms with Gasteiger partial charge in [0.2, 0.25) is 5.91 Å². The Morgan fingerprint density at radius 2 is 2.29 bits per heavy atom. The Balaban J connectivity index is 1.54. The molecule has 1 aromatic carbocycles. The Labute approximate surface area is 150 Å². The Hall–Kier alpha value is -1.57. The molecule has 8 heteroatoms. The van der Waals surface area contributed by atoms with Gasteiger partial charge in [0.25, 0.3) is 0 Å². The summed E-state index contributed by atoms with van der Waals surface area (Å²) >= 11 is 7.61. The van der Waals surface area contributed by atoms with Gasteiger partial charge in [-0.15, -0.1) is 10.2 Å². The van der Waals surface area contributed by atoms with E-state index >= 15 is 0 Å². The second kappa shape index (κ2) is 8.00. The Morgan fingerprint density at radius 3 is 3.04 bits per heavy atom. The van der Waals surface area contributed by atoms with Crippen LogP contribution in [0.25, 0.3) is 0 Å². The maximum absolute atomic E-state index is 12.4. The second-order valence-electron chi connectivity index (χ2n) is 5.64. The summed E-state index contributed by atoms with van der Waals surface area (Å²) in [7, 11) is 1.86. The van der Waals surface area contributed by atoms with Crippen LogP contribution in [-0.4, -0.2) is 57.1 Å². The highest BCUT2D eigenvalue weighted by atomic mass is 35.5. The molecule has 1 saturated heterocycles. The zero-order valence-electron chi connectivity index (χ0n) is 13.4. The van der Waals surface area contributed by atoms with Gasteiger partial charge in [0.05, 0.1) is 18.5 Å². The van der Waals surface area contributed by atoms with Gasteiger partial charge < -0.3 is 14.2 Å². The molecule has 1 fully saturated rings. The van der Waals surface area contributed by atoms with Gasteiger partial charge in [-0.1, -0.05) is 41.6 Å². The maximum Gasteiger partial charge on any atom is 0.233 e. The predicted octanol–water partition coefficient (Wildman–Crippen LogP) is 2.03. The van der Waals surface area contributed by atoms with E-state index in [1.54, 1.807) is 10.9 Å². The number of carbonyl (C=O) groups excluding carboxylic acids is 1. The number of aryl methyl sites for hydroxylation is 1. The molecule has 0 spiro atoms. The third kappa shape index (κ3) is 4.28.